The largest absolute Gasteiger partial charge is 0.507 e. The molecule has 0 saturated carbocycles. The Morgan fingerprint density at radius 1 is 1.09 bits per heavy atom. The van der Waals surface area contributed by atoms with E-state index in [-0.39, 0.29) is 24.7 Å². The van der Waals surface area contributed by atoms with Gasteiger partial charge in [0.1, 0.15) is 23.3 Å². The minimum atomic E-state index is -0.878. The Bertz CT molecular complexity index is 1240. The second kappa shape index (κ2) is 8.97. The zero-order valence-corrected chi connectivity index (χ0v) is 18.5. The van der Waals surface area contributed by atoms with Crippen LogP contribution in [0.3, 0.4) is 0 Å². The maximum absolute atomic E-state index is 13.1. The molecule has 1 saturated heterocycles. The minimum absolute atomic E-state index is 0.0251. The van der Waals surface area contributed by atoms with Crippen LogP contribution in [-0.4, -0.2) is 35.1 Å². The summed E-state index contributed by atoms with van der Waals surface area (Å²) in [6.45, 7) is 2.84. The average Bonchev–Trinajstić information content (AvgIpc) is 3.60. The number of rotatable bonds is 7. The van der Waals surface area contributed by atoms with E-state index in [1.807, 2.05) is 6.92 Å². The molecule has 8 heteroatoms. The van der Waals surface area contributed by atoms with Gasteiger partial charge in [-0.2, -0.15) is 0 Å². The van der Waals surface area contributed by atoms with E-state index in [0.29, 0.717) is 35.2 Å². The monoisotopic (exact) mass is 461 g/mol. The van der Waals surface area contributed by atoms with Gasteiger partial charge in [0.05, 0.1) is 18.4 Å². The number of furan rings is 1. The zero-order valence-electron chi connectivity index (χ0n) is 18.5. The van der Waals surface area contributed by atoms with Crippen molar-refractivity contribution in [2.75, 3.05) is 13.4 Å². The van der Waals surface area contributed by atoms with E-state index in [9.17, 15) is 14.7 Å². The molecule has 1 amide bonds. The third-order valence-electron chi connectivity index (χ3n) is 5.74. The second-order valence-electron chi connectivity index (χ2n) is 8.00. The number of amides is 1. The number of carbonyl (C=O) groups excluding carboxylic acids is 2. The van der Waals surface area contributed by atoms with Gasteiger partial charge in [0, 0.05) is 12.1 Å². The smallest absolute Gasteiger partial charge is 0.296 e. The van der Waals surface area contributed by atoms with Gasteiger partial charge in [-0.15, -0.1) is 0 Å². The fourth-order valence-corrected chi connectivity index (χ4v) is 4.11. The summed E-state index contributed by atoms with van der Waals surface area (Å²) in [5.74, 6) is 0.479. The topological polar surface area (TPSA) is 98.4 Å². The highest BCUT2D eigenvalue weighted by molar-refractivity contribution is 6.46. The number of fused-ring (bicyclic) bond motifs is 1. The van der Waals surface area contributed by atoms with Crippen LogP contribution in [-0.2, 0) is 16.1 Å². The quantitative estimate of drug-likeness (QED) is 0.316. The highest BCUT2D eigenvalue weighted by atomic mass is 16.7. The first-order chi connectivity index (χ1) is 16.6. The molecule has 34 heavy (non-hydrogen) atoms. The molecule has 0 radical (unpaired) electrons. The molecule has 0 bridgehead atoms. The lowest BCUT2D eigenvalue weighted by Crippen LogP contribution is -2.29. The predicted molar refractivity (Wildman–Crippen MR) is 121 cm³/mol. The van der Waals surface area contributed by atoms with E-state index in [0.717, 1.165) is 12.0 Å². The molecule has 2 aromatic carbocycles. The van der Waals surface area contributed by atoms with Crippen molar-refractivity contribution >= 4 is 17.4 Å². The number of ether oxygens (including phenoxy) is 3. The van der Waals surface area contributed by atoms with E-state index < -0.39 is 17.7 Å². The van der Waals surface area contributed by atoms with E-state index >= 15 is 0 Å². The molecule has 0 spiro atoms. The molecule has 2 aliphatic rings. The van der Waals surface area contributed by atoms with Crippen LogP contribution in [0, 0.1) is 0 Å². The van der Waals surface area contributed by atoms with E-state index in [1.54, 1.807) is 54.6 Å². The lowest BCUT2D eigenvalue weighted by molar-refractivity contribution is -0.140. The van der Waals surface area contributed by atoms with Crippen molar-refractivity contribution in [3.63, 3.8) is 0 Å². The molecule has 1 fully saturated rings. The number of carbonyl (C=O) groups is 2. The van der Waals surface area contributed by atoms with Crippen LogP contribution in [0.2, 0.25) is 0 Å². The van der Waals surface area contributed by atoms with Crippen LogP contribution in [0.15, 0.2) is 70.9 Å². The summed E-state index contributed by atoms with van der Waals surface area (Å²) in [6.07, 6.45) is 2.34. The highest BCUT2D eigenvalue weighted by Gasteiger charge is 2.47. The molecule has 5 rings (SSSR count). The lowest BCUT2D eigenvalue weighted by atomic mass is 9.99. The summed E-state index contributed by atoms with van der Waals surface area (Å²) in [4.78, 5) is 27.6. The summed E-state index contributed by atoms with van der Waals surface area (Å²) in [6, 6.07) is 14.6. The number of aliphatic hydroxyl groups is 1. The normalized spacial score (nSPS) is 18.5. The SMILES string of the molecule is CCCOc1ccc(/C(O)=C2/C(=O)C(=O)N(Cc3ccc4c(c3)OCO4)C2c2ccco2)cc1. The van der Waals surface area contributed by atoms with E-state index in [4.69, 9.17) is 18.6 Å². The third kappa shape index (κ3) is 3.87. The van der Waals surface area contributed by atoms with Crippen LogP contribution in [0.25, 0.3) is 5.76 Å². The highest BCUT2D eigenvalue weighted by Crippen LogP contribution is 2.41. The summed E-state index contributed by atoms with van der Waals surface area (Å²) in [5, 5.41) is 11.1. The Hall–Kier alpha value is -4.20. The molecule has 3 heterocycles. The van der Waals surface area contributed by atoms with E-state index in [1.165, 1.54) is 11.2 Å². The zero-order chi connectivity index (χ0) is 23.7. The predicted octanol–water partition coefficient (Wildman–Crippen LogP) is 4.42. The standard InChI is InChI=1S/C26H23NO7/c1-2-11-31-18-8-6-17(7-9-18)24(28)22-23(20-4-3-12-32-20)27(26(30)25(22)29)14-16-5-10-19-21(13-16)34-15-33-19/h3-10,12-13,23,28H,2,11,14-15H2,1H3/b24-22-. The molecule has 1 N–H and O–H groups in total. The molecule has 1 aromatic heterocycles. The molecule has 0 aliphatic carbocycles. The van der Waals surface area contributed by atoms with Gasteiger partial charge in [-0.25, -0.2) is 0 Å². The molecular weight excluding hydrogens is 438 g/mol. The van der Waals surface area contributed by atoms with Crippen molar-refractivity contribution in [3.05, 3.63) is 83.3 Å². The first-order valence-corrected chi connectivity index (χ1v) is 11.0. The van der Waals surface area contributed by atoms with Crippen molar-refractivity contribution in [1.29, 1.82) is 0 Å². The Balaban J connectivity index is 1.51. The fraction of sp³-hybridized carbons (Fsp3) is 0.231. The third-order valence-corrected chi connectivity index (χ3v) is 5.74. The number of Topliss-reactive ketones (excluding diaryl/α,β-unsaturated/α-hetero) is 1. The van der Waals surface area contributed by atoms with Gasteiger partial charge in [-0.3, -0.25) is 9.59 Å². The number of aliphatic hydroxyl groups excluding tert-OH is 1. The number of hydrogen-bond donors (Lipinski definition) is 1. The summed E-state index contributed by atoms with van der Waals surface area (Å²) in [5.41, 5.74) is 1.13. The fourth-order valence-electron chi connectivity index (χ4n) is 4.11. The maximum Gasteiger partial charge on any atom is 0.296 e. The molecule has 174 valence electrons. The summed E-state index contributed by atoms with van der Waals surface area (Å²) < 4.78 is 21.9. The molecule has 8 nitrogen and oxygen atoms in total. The molecular formula is C26H23NO7. The Morgan fingerprint density at radius 2 is 1.88 bits per heavy atom. The van der Waals surface area contributed by atoms with Crippen molar-refractivity contribution in [2.45, 2.75) is 25.9 Å². The number of likely N-dealkylation sites (tertiary alicyclic amines) is 1. The Morgan fingerprint density at radius 3 is 2.62 bits per heavy atom. The van der Waals surface area contributed by atoms with Gasteiger partial charge in [0.2, 0.25) is 6.79 Å². The Labute approximate surface area is 196 Å². The van der Waals surface area contributed by atoms with Crippen LogP contribution < -0.4 is 14.2 Å². The van der Waals surface area contributed by atoms with Crippen LogP contribution >= 0.6 is 0 Å². The molecule has 1 atom stereocenters. The summed E-state index contributed by atoms with van der Waals surface area (Å²) in [7, 11) is 0. The van der Waals surface area contributed by atoms with Crippen molar-refractivity contribution in [3.8, 4) is 17.2 Å². The number of ketones is 1. The number of hydrogen-bond acceptors (Lipinski definition) is 7. The first-order valence-electron chi connectivity index (χ1n) is 11.0. The van der Waals surface area contributed by atoms with Gasteiger partial charge >= 0.3 is 0 Å². The van der Waals surface area contributed by atoms with Crippen molar-refractivity contribution in [2.24, 2.45) is 0 Å². The average molecular weight is 461 g/mol. The molecule has 1 unspecified atom stereocenters. The van der Waals surface area contributed by atoms with Crippen molar-refractivity contribution in [1.82, 2.24) is 4.90 Å². The summed E-state index contributed by atoms with van der Waals surface area (Å²) >= 11 is 0. The lowest BCUT2D eigenvalue weighted by Gasteiger charge is -2.23. The van der Waals surface area contributed by atoms with Gasteiger partial charge in [0.25, 0.3) is 11.7 Å². The van der Waals surface area contributed by atoms with Gasteiger partial charge in [0.15, 0.2) is 11.5 Å². The minimum Gasteiger partial charge on any atom is -0.507 e. The van der Waals surface area contributed by atoms with Crippen LogP contribution in [0.4, 0.5) is 0 Å². The second-order valence-corrected chi connectivity index (χ2v) is 8.00. The molecule has 2 aliphatic heterocycles. The number of nitrogens with zero attached hydrogens (tertiary/aromatic N) is 1. The Kier molecular flexibility index (Phi) is 5.71. The van der Waals surface area contributed by atoms with Gasteiger partial charge in [-0.1, -0.05) is 13.0 Å². The van der Waals surface area contributed by atoms with Gasteiger partial charge < -0.3 is 28.6 Å². The van der Waals surface area contributed by atoms with Crippen molar-refractivity contribution < 1.29 is 33.3 Å². The first kappa shape index (κ1) is 21.6. The van der Waals surface area contributed by atoms with Crippen LogP contribution in [0.5, 0.6) is 17.2 Å². The number of benzene rings is 2. The van der Waals surface area contributed by atoms with Gasteiger partial charge in [-0.05, 0) is 60.5 Å². The molecule has 3 aromatic rings. The van der Waals surface area contributed by atoms with E-state index in [2.05, 4.69) is 0 Å². The maximum atomic E-state index is 13.1. The van der Waals surface area contributed by atoms with Crippen LogP contribution in [0.1, 0.15) is 36.3 Å².